The average Bonchev–Trinajstić information content (AvgIpc) is 3.00. The Bertz CT molecular complexity index is 385. The second kappa shape index (κ2) is 3.96. The number of hydrogen-bond acceptors (Lipinski definition) is 6. The molecule has 0 unspecified atom stereocenters. The molecule has 0 atom stereocenters. The van der Waals surface area contributed by atoms with E-state index in [0.29, 0.717) is 19.8 Å². The maximum absolute atomic E-state index is 5.59. The van der Waals surface area contributed by atoms with Gasteiger partial charge in [0.1, 0.15) is 19.8 Å². The summed E-state index contributed by atoms with van der Waals surface area (Å²) in [6, 6.07) is 0. The van der Waals surface area contributed by atoms with E-state index >= 15 is 0 Å². The van der Waals surface area contributed by atoms with Gasteiger partial charge in [0, 0.05) is 0 Å². The lowest BCUT2D eigenvalue weighted by atomic mass is 10.3. The molecule has 4 rings (SSSR count). The molecular formula is C12H15N3O3. The van der Waals surface area contributed by atoms with Crippen LogP contribution in [0.25, 0.3) is 0 Å². The Balaban J connectivity index is 1.59. The van der Waals surface area contributed by atoms with E-state index in [1.165, 1.54) is 0 Å². The molecule has 0 radical (unpaired) electrons. The molecule has 0 bridgehead atoms. The van der Waals surface area contributed by atoms with Gasteiger partial charge in [-0.2, -0.15) is 0 Å². The van der Waals surface area contributed by atoms with Gasteiger partial charge in [-0.3, -0.25) is 15.0 Å². The van der Waals surface area contributed by atoms with Gasteiger partial charge in [0.15, 0.2) is 17.7 Å². The van der Waals surface area contributed by atoms with Crippen LogP contribution in [0.15, 0.2) is 15.0 Å². The van der Waals surface area contributed by atoms with Crippen molar-refractivity contribution in [3.05, 3.63) is 0 Å². The van der Waals surface area contributed by atoms with Crippen molar-refractivity contribution in [3.8, 4) is 0 Å². The van der Waals surface area contributed by atoms with Crippen molar-refractivity contribution >= 4 is 17.7 Å². The van der Waals surface area contributed by atoms with Crippen LogP contribution in [0.5, 0.6) is 0 Å². The monoisotopic (exact) mass is 249 g/mol. The minimum absolute atomic E-state index is 0.223. The molecule has 6 heteroatoms. The van der Waals surface area contributed by atoms with Gasteiger partial charge in [0.2, 0.25) is 0 Å². The molecule has 1 aliphatic carbocycles. The van der Waals surface area contributed by atoms with Crippen molar-refractivity contribution in [1.82, 2.24) is 0 Å². The largest absolute Gasteiger partial charge is 0.479 e. The Labute approximate surface area is 105 Å². The van der Waals surface area contributed by atoms with E-state index in [2.05, 4.69) is 15.0 Å². The number of rotatable bonds is 3. The molecule has 96 valence electrons. The smallest absolute Gasteiger partial charge is 0.188 e. The number of ether oxygens (including phenoxy) is 3. The van der Waals surface area contributed by atoms with E-state index in [0.717, 1.165) is 37.3 Å². The van der Waals surface area contributed by atoms with Crippen molar-refractivity contribution in [2.24, 2.45) is 32.7 Å². The van der Waals surface area contributed by atoms with Crippen LogP contribution in [0, 0.1) is 17.8 Å². The minimum Gasteiger partial charge on any atom is -0.479 e. The third-order valence-electron chi connectivity index (χ3n) is 3.70. The van der Waals surface area contributed by atoms with E-state index in [-0.39, 0.29) is 17.8 Å². The molecule has 0 saturated heterocycles. The number of nitrogens with zero attached hydrogens (tertiary/aromatic N) is 3. The van der Waals surface area contributed by atoms with Crippen molar-refractivity contribution in [2.45, 2.75) is 0 Å². The highest BCUT2D eigenvalue weighted by molar-refractivity contribution is 6.03. The maximum atomic E-state index is 5.59. The van der Waals surface area contributed by atoms with Crippen molar-refractivity contribution in [3.63, 3.8) is 0 Å². The van der Waals surface area contributed by atoms with E-state index in [9.17, 15) is 0 Å². The Morgan fingerprint density at radius 2 is 0.944 bits per heavy atom. The zero-order chi connectivity index (χ0) is 11.9. The van der Waals surface area contributed by atoms with Crippen LogP contribution >= 0.6 is 0 Å². The van der Waals surface area contributed by atoms with E-state index < -0.39 is 0 Å². The van der Waals surface area contributed by atoms with E-state index in [1.807, 2.05) is 0 Å². The summed E-state index contributed by atoms with van der Waals surface area (Å²) in [5.74, 6) is 3.17. The van der Waals surface area contributed by atoms with Crippen LogP contribution in [0.2, 0.25) is 0 Å². The van der Waals surface area contributed by atoms with Gasteiger partial charge in [-0.15, -0.1) is 0 Å². The standard InChI is InChI=1S/C12H15N3O3/c1-4-16-10(13-1)7-8(11-14-2-5-17-11)9(7)12-15-3-6-18-12/h7-9H,1-6H2. The highest BCUT2D eigenvalue weighted by atomic mass is 16.5. The average molecular weight is 249 g/mol. The molecule has 0 N–H and O–H groups in total. The SMILES string of the molecule is C1COC(C2C(C3=NCCO3)C2C2=NCCO2)=N1. The Kier molecular flexibility index (Phi) is 2.28. The van der Waals surface area contributed by atoms with Gasteiger partial charge in [-0.05, 0) is 0 Å². The highest BCUT2D eigenvalue weighted by Crippen LogP contribution is 2.51. The second-order valence-electron chi connectivity index (χ2n) is 4.78. The Morgan fingerprint density at radius 3 is 1.17 bits per heavy atom. The Morgan fingerprint density at radius 1 is 0.611 bits per heavy atom. The third-order valence-corrected chi connectivity index (χ3v) is 3.70. The summed E-state index contributed by atoms with van der Waals surface area (Å²) in [7, 11) is 0. The molecule has 0 aromatic rings. The van der Waals surface area contributed by atoms with E-state index in [4.69, 9.17) is 14.2 Å². The molecular weight excluding hydrogens is 234 g/mol. The first-order valence-corrected chi connectivity index (χ1v) is 6.46. The van der Waals surface area contributed by atoms with Crippen LogP contribution < -0.4 is 0 Å². The fourth-order valence-corrected chi connectivity index (χ4v) is 2.89. The molecule has 6 nitrogen and oxygen atoms in total. The minimum atomic E-state index is 0.223. The summed E-state index contributed by atoms with van der Waals surface area (Å²) in [5, 5.41) is 0. The Hall–Kier alpha value is -1.59. The predicted octanol–water partition coefficient (Wildman–Crippen LogP) is 0.135. The van der Waals surface area contributed by atoms with Gasteiger partial charge in [-0.25, -0.2) is 0 Å². The van der Waals surface area contributed by atoms with Crippen LogP contribution in [0.1, 0.15) is 0 Å². The maximum Gasteiger partial charge on any atom is 0.188 e. The molecule has 18 heavy (non-hydrogen) atoms. The summed E-state index contributed by atoms with van der Waals surface area (Å²) in [6.45, 7) is 4.33. The first-order valence-electron chi connectivity index (χ1n) is 6.46. The van der Waals surface area contributed by atoms with E-state index in [1.54, 1.807) is 0 Å². The first-order chi connectivity index (χ1) is 8.95. The molecule has 0 aromatic heterocycles. The number of aliphatic imine (C=N–C) groups is 3. The quantitative estimate of drug-likeness (QED) is 0.714. The fourth-order valence-electron chi connectivity index (χ4n) is 2.89. The summed E-state index contributed by atoms with van der Waals surface area (Å²) in [6.07, 6.45) is 0. The van der Waals surface area contributed by atoms with Gasteiger partial charge in [0.05, 0.1) is 37.4 Å². The molecule has 1 fully saturated rings. The van der Waals surface area contributed by atoms with Gasteiger partial charge in [0.25, 0.3) is 0 Å². The van der Waals surface area contributed by atoms with Crippen LogP contribution in [0.4, 0.5) is 0 Å². The van der Waals surface area contributed by atoms with Crippen molar-refractivity contribution in [1.29, 1.82) is 0 Å². The van der Waals surface area contributed by atoms with Crippen LogP contribution in [-0.2, 0) is 14.2 Å². The predicted molar refractivity (Wildman–Crippen MR) is 65.2 cm³/mol. The van der Waals surface area contributed by atoms with Crippen LogP contribution in [-0.4, -0.2) is 57.1 Å². The summed E-state index contributed by atoms with van der Waals surface area (Å²) < 4.78 is 16.8. The molecule has 3 aliphatic heterocycles. The van der Waals surface area contributed by atoms with Crippen molar-refractivity contribution in [2.75, 3.05) is 39.5 Å². The third kappa shape index (κ3) is 1.51. The van der Waals surface area contributed by atoms with Gasteiger partial charge < -0.3 is 14.2 Å². The fraction of sp³-hybridized carbons (Fsp3) is 0.750. The summed E-state index contributed by atoms with van der Waals surface area (Å²) in [4.78, 5) is 13.2. The summed E-state index contributed by atoms with van der Waals surface area (Å²) in [5.41, 5.74) is 0. The highest BCUT2D eigenvalue weighted by Gasteiger charge is 2.62. The topological polar surface area (TPSA) is 64.8 Å². The first kappa shape index (κ1) is 10.3. The lowest BCUT2D eigenvalue weighted by Crippen LogP contribution is -2.09. The molecule has 0 spiro atoms. The van der Waals surface area contributed by atoms with Crippen LogP contribution in [0.3, 0.4) is 0 Å². The molecule has 4 aliphatic rings. The molecule has 0 amide bonds. The molecule has 1 saturated carbocycles. The molecule has 3 heterocycles. The lowest BCUT2D eigenvalue weighted by Gasteiger charge is -2.00. The zero-order valence-electron chi connectivity index (χ0n) is 10.0. The molecule has 0 aromatic carbocycles. The number of hydrogen-bond donors (Lipinski definition) is 0. The van der Waals surface area contributed by atoms with Gasteiger partial charge >= 0.3 is 0 Å². The van der Waals surface area contributed by atoms with Gasteiger partial charge in [-0.1, -0.05) is 0 Å². The van der Waals surface area contributed by atoms with Crippen molar-refractivity contribution < 1.29 is 14.2 Å². The lowest BCUT2D eigenvalue weighted by molar-refractivity contribution is 0.325. The normalized spacial score (nSPS) is 37.3. The summed E-state index contributed by atoms with van der Waals surface area (Å²) >= 11 is 0. The zero-order valence-corrected chi connectivity index (χ0v) is 10.0. The second-order valence-corrected chi connectivity index (χ2v) is 4.78.